The Hall–Kier alpha value is -1.98. The molecule has 0 fully saturated rings. The second-order valence-corrected chi connectivity index (χ2v) is 4.26. The summed E-state index contributed by atoms with van der Waals surface area (Å²) in [5, 5.41) is 1.79. The van der Waals surface area contributed by atoms with Gasteiger partial charge >= 0.3 is 30.4 Å². The van der Waals surface area contributed by atoms with E-state index in [2.05, 4.69) is 20.7 Å². The average Bonchev–Trinajstić information content (AvgIpc) is 2.79. The fraction of sp³-hybridized carbons (Fsp3) is 0.700. The van der Waals surface area contributed by atoms with Crippen molar-refractivity contribution >= 4 is 5.90 Å². The van der Waals surface area contributed by atoms with Gasteiger partial charge in [0.25, 0.3) is 5.90 Å². The fourth-order valence-electron chi connectivity index (χ4n) is 1.48. The molecule has 1 aliphatic rings. The van der Waals surface area contributed by atoms with Crippen LogP contribution in [-0.2, 0) is 14.3 Å². The van der Waals surface area contributed by atoms with Gasteiger partial charge in [-0.15, -0.1) is 6.42 Å². The van der Waals surface area contributed by atoms with E-state index in [9.17, 15) is 48.3 Å². The van der Waals surface area contributed by atoms with Crippen molar-refractivity contribution in [2.45, 2.75) is 30.4 Å². The zero-order chi connectivity index (χ0) is 19.9. The molecule has 0 radical (unpaired) electrons. The Bertz CT molecular complexity index is 555. The molecule has 0 aromatic rings. The van der Waals surface area contributed by atoms with Gasteiger partial charge in [0, 0.05) is 0 Å². The molecule has 1 atom stereocenters. The van der Waals surface area contributed by atoms with Crippen LogP contribution in [-0.4, -0.2) is 42.9 Å². The number of halogens is 11. The Morgan fingerprint density at radius 2 is 1.48 bits per heavy atom. The van der Waals surface area contributed by atoms with Crippen LogP contribution in [0.25, 0.3) is 0 Å². The summed E-state index contributed by atoms with van der Waals surface area (Å²) in [6, 6.07) is 0. The second kappa shape index (κ2) is 6.07. The lowest BCUT2D eigenvalue weighted by atomic mass is 10.1. The summed E-state index contributed by atoms with van der Waals surface area (Å²) >= 11 is 0. The van der Waals surface area contributed by atoms with E-state index < -0.39 is 48.8 Å². The van der Waals surface area contributed by atoms with Crippen LogP contribution in [0.1, 0.15) is 0 Å². The third kappa shape index (κ3) is 3.83. The number of oxime groups is 1. The molecule has 1 rings (SSSR count). The van der Waals surface area contributed by atoms with E-state index in [1.807, 2.05) is 0 Å². The smallest absolute Gasteiger partial charge is 0.419 e. The van der Waals surface area contributed by atoms with Crippen molar-refractivity contribution in [2.24, 2.45) is 11.1 Å². The van der Waals surface area contributed by atoms with E-state index in [1.54, 1.807) is 5.16 Å². The molecule has 0 aromatic carbocycles. The van der Waals surface area contributed by atoms with Crippen LogP contribution in [0.4, 0.5) is 48.3 Å². The van der Waals surface area contributed by atoms with Gasteiger partial charge in [-0.1, -0.05) is 5.92 Å². The first-order valence-corrected chi connectivity index (χ1v) is 5.60. The maximum absolute atomic E-state index is 13.5. The normalized spacial score (nSPS) is 19.5. The standard InChI is InChI=1S/C10H4F11NO3/c1-2-3-23-7(14,15)4(6(11,12)13)5-22-25-8(24-5,9(16,17)18)10(19,20)21/h1,4H,3H2. The largest absolute Gasteiger partial charge is 0.480 e. The fourth-order valence-corrected chi connectivity index (χ4v) is 1.48. The van der Waals surface area contributed by atoms with Gasteiger partial charge in [-0.3, -0.25) is 0 Å². The lowest BCUT2D eigenvalue weighted by Gasteiger charge is -2.31. The molecule has 0 bridgehead atoms. The highest BCUT2D eigenvalue weighted by Gasteiger charge is 2.81. The zero-order valence-electron chi connectivity index (χ0n) is 11.2. The van der Waals surface area contributed by atoms with Gasteiger partial charge in [-0.05, 0) is 5.16 Å². The molecule has 0 aliphatic carbocycles. The molecular weight excluding hydrogens is 391 g/mol. The molecule has 0 amide bonds. The Kier molecular flexibility index (Phi) is 5.12. The van der Waals surface area contributed by atoms with Crippen LogP contribution in [0.2, 0.25) is 0 Å². The molecule has 0 saturated heterocycles. The molecule has 0 N–H and O–H groups in total. The van der Waals surface area contributed by atoms with Gasteiger partial charge in [-0.2, -0.15) is 48.3 Å². The minimum Gasteiger partial charge on any atom is -0.419 e. The Morgan fingerprint density at radius 1 is 1.00 bits per heavy atom. The molecule has 0 aromatic heterocycles. The van der Waals surface area contributed by atoms with Gasteiger partial charge in [0.2, 0.25) is 5.92 Å². The highest BCUT2D eigenvalue weighted by atomic mass is 19.4. The first kappa shape index (κ1) is 21.1. The van der Waals surface area contributed by atoms with Crippen molar-refractivity contribution in [3.05, 3.63) is 0 Å². The van der Waals surface area contributed by atoms with Gasteiger partial charge in [-0.25, -0.2) is 0 Å². The molecule has 0 spiro atoms. The van der Waals surface area contributed by atoms with Gasteiger partial charge in [0.15, 0.2) is 0 Å². The second-order valence-electron chi connectivity index (χ2n) is 4.26. The molecular formula is C10H4F11NO3. The van der Waals surface area contributed by atoms with Crippen LogP contribution in [0.15, 0.2) is 5.16 Å². The van der Waals surface area contributed by atoms with Crippen LogP contribution in [0.3, 0.4) is 0 Å². The molecule has 25 heavy (non-hydrogen) atoms. The molecule has 0 saturated carbocycles. The summed E-state index contributed by atoms with van der Waals surface area (Å²) in [5.41, 5.74) is 0. The van der Waals surface area contributed by atoms with Gasteiger partial charge in [0.05, 0.1) is 0 Å². The maximum Gasteiger partial charge on any atom is 0.480 e. The van der Waals surface area contributed by atoms with Crippen LogP contribution >= 0.6 is 0 Å². The van der Waals surface area contributed by atoms with Crippen LogP contribution < -0.4 is 0 Å². The number of hydrogen-bond donors (Lipinski definition) is 0. The quantitative estimate of drug-likeness (QED) is 0.540. The van der Waals surface area contributed by atoms with Crippen molar-refractivity contribution in [3.8, 4) is 12.3 Å². The molecule has 1 heterocycles. The van der Waals surface area contributed by atoms with Crippen molar-refractivity contribution in [1.82, 2.24) is 0 Å². The van der Waals surface area contributed by atoms with Crippen molar-refractivity contribution in [1.29, 1.82) is 0 Å². The Morgan fingerprint density at radius 3 is 1.80 bits per heavy atom. The third-order valence-electron chi connectivity index (χ3n) is 2.52. The summed E-state index contributed by atoms with van der Waals surface area (Å²) in [5.74, 6) is -11.5. The van der Waals surface area contributed by atoms with E-state index in [4.69, 9.17) is 0 Å². The molecule has 1 aliphatic heterocycles. The maximum atomic E-state index is 13.5. The first-order valence-electron chi connectivity index (χ1n) is 5.60. The number of terminal acetylenes is 1. The molecule has 15 heteroatoms. The van der Waals surface area contributed by atoms with Gasteiger partial charge in [0.1, 0.15) is 6.61 Å². The van der Waals surface area contributed by atoms with Gasteiger partial charge < -0.3 is 14.3 Å². The summed E-state index contributed by atoms with van der Waals surface area (Å²) in [7, 11) is 0. The van der Waals surface area contributed by atoms with E-state index in [0.717, 1.165) is 0 Å². The minimum absolute atomic E-state index is 1.34. The average molecular weight is 395 g/mol. The lowest BCUT2D eigenvalue weighted by molar-refractivity contribution is -0.441. The summed E-state index contributed by atoms with van der Waals surface area (Å²) in [6.45, 7) is -1.45. The van der Waals surface area contributed by atoms with Crippen molar-refractivity contribution in [2.75, 3.05) is 6.61 Å². The van der Waals surface area contributed by atoms with E-state index in [1.165, 1.54) is 5.92 Å². The summed E-state index contributed by atoms with van der Waals surface area (Å²) in [4.78, 5) is 2.94. The number of hydrogen-bond acceptors (Lipinski definition) is 4. The molecule has 1 unspecified atom stereocenters. The zero-order valence-corrected chi connectivity index (χ0v) is 11.2. The molecule has 144 valence electrons. The van der Waals surface area contributed by atoms with E-state index >= 15 is 0 Å². The van der Waals surface area contributed by atoms with E-state index in [-0.39, 0.29) is 0 Å². The van der Waals surface area contributed by atoms with E-state index in [0.29, 0.717) is 0 Å². The summed E-state index contributed by atoms with van der Waals surface area (Å²) in [6.07, 6.45) is -20.0. The minimum atomic E-state index is -6.50. The predicted octanol–water partition coefficient (Wildman–Crippen LogP) is 3.59. The first-order chi connectivity index (χ1) is 11.0. The SMILES string of the molecule is C#CCOC(F)(F)C(C1=NOC(C(F)(F)F)(C(F)(F)F)O1)C(F)(F)F. The highest BCUT2D eigenvalue weighted by molar-refractivity contribution is 5.81. The Balaban J connectivity index is 3.31. The molecule has 4 nitrogen and oxygen atoms in total. The predicted molar refractivity (Wildman–Crippen MR) is 53.7 cm³/mol. The Labute approximate surface area is 130 Å². The number of ether oxygens (including phenoxy) is 2. The monoisotopic (exact) mass is 395 g/mol. The lowest BCUT2D eigenvalue weighted by Crippen LogP contribution is -2.59. The van der Waals surface area contributed by atoms with Crippen molar-refractivity contribution < 1.29 is 62.6 Å². The van der Waals surface area contributed by atoms with Crippen LogP contribution in [0.5, 0.6) is 0 Å². The van der Waals surface area contributed by atoms with Crippen LogP contribution in [0, 0.1) is 18.3 Å². The summed E-state index contributed by atoms with van der Waals surface area (Å²) < 4.78 is 147. The van der Waals surface area contributed by atoms with Crippen molar-refractivity contribution in [3.63, 3.8) is 0 Å². The number of rotatable bonds is 4. The highest BCUT2D eigenvalue weighted by Crippen LogP contribution is 2.52. The third-order valence-corrected chi connectivity index (χ3v) is 2.52. The topological polar surface area (TPSA) is 40.0 Å². The number of alkyl halides is 11. The number of nitrogens with zero attached hydrogens (tertiary/aromatic N) is 1.